The SMILES string of the molecule is [O-][N+](=Cc1ccc(Cn2ccnc2)cc1)c1ccccc1. The van der Waals surface area contributed by atoms with E-state index in [0.29, 0.717) is 5.69 Å². The zero-order chi connectivity index (χ0) is 14.5. The van der Waals surface area contributed by atoms with Gasteiger partial charge in [-0.3, -0.25) is 0 Å². The Balaban J connectivity index is 1.75. The molecule has 0 aliphatic carbocycles. The summed E-state index contributed by atoms with van der Waals surface area (Å²) in [4.78, 5) is 4.02. The molecule has 0 aliphatic heterocycles. The molecule has 0 unspecified atom stereocenters. The highest BCUT2D eigenvalue weighted by molar-refractivity contribution is 5.76. The Morgan fingerprint density at radius 3 is 2.48 bits per heavy atom. The van der Waals surface area contributed by atoms with Gasteiger partial charge in [0.1, 0.15) is 0 Å². The Hall–Kier alpha value is -2.88. The molecule has 3 rings (SSSR count). The van der Waals surface area contributed by atoms with Crippen molar-refractivity contribution < 1.29 is 4.74 Å². The summed E-state index contributed by atoms with van der Waals surface area (Å²) in [6.07, 6.45) is 7.05. The van der Waals surface area contributed by atoms with Crippen molar-refractivity contribution in [2.75, 3.05) is 0 Å². The first-order valence-corrected chi connectivity index (χ1v) is 6.72. The number of imidazole rings is 1. The van der Waals surface area contributed by atoms with Crippen molar-refractivity contribution in [1.29, 1.82) is 0 Å². The molecule has 104 valence electrons. The van der Waals surface area contributed by atoms with Crippen molar-refractivity contribution in [3.8, 4) is 0 Å². The molecule has 4 heteroatoms. The molecule has 0 spiro atoms. The van der Waals surface area contributed by atoms with Gasteiger partial charge in [0.05, 0.1) is 6.33 Å². The van der Waals surface area contributed by atoms with E-state index in [1.807, 2.05) is 53.2 Å². The van der Waals surface area contributed by atoms with Crippen LogP contribution >= 0.6 is 0 Å². The van der Waals surface area contributed by atoms with E-state index in [4.69, 9.17) is 0 Å². The molecule has 2 aromatic carbocycles. The highest BCUT2D eigenvalue weighted by Gasteiger charge is 2.01. The smallest absolute Gasteiger partial charge is 0.216 e. The van der Waals surface area contributed by atoms with Crippen LogP contribution < -0.4 is 0 Å². The normalized spacial score (nSPS) is 11.5. The molecule has 0 atom stereocenters. The lowest BCUT2D eigenvalue weighted by atomic mass is 10.1. The summed E-state index contributed by atoms with van der Waals surface area (Å²) in [5.74, 6) is 0. The first kappa shape index (κ1) is 13.1. The fourth-order valence-electron chi connectivity index (χ4n) is 2.09. The minimum Gasteiger partial charge on any atom is -0.618 e. The number of benzene rings is 2. The fraction of sp³-hybridized carbons (Fsp3) is 0.0588. The Kier molecular flexibility index (Phi) is 3.78. The second kappa shape index (κ2) is 6.05. The number of hydrogen-bond donors (Lipinski definition) is 0. The van der Waals surface area contributed by atoms with E-state index in [2.05, 4.69) is 4.98 Å². The van der Waals surface area contributed by atoms with Crippen molar-refractivity contribution in [3.63, 3.8) is 0 Å². The van der Waals surface area contributed by atoms with Gasteiger partial charge in [-0.1, -0.05) is 30.3 Å². The third kappa shape index (κ3) is 3.36. The Morgan fingerprint density at radius 2 is 1.81 bits per heavy atom. The van der Waals surface area contributed by atoms with Crippen molar-refractivity contribution >= 4 is 11.9 Å². The molecule has 1 aromatic heterocycles. The third-order valence-electron chi connectivity index (χ3n) is 3.18. The van der Waals surface area contributed by atoms with Gasteiger partial charge < -0.3 is 9.77 Å². The van der Waals surface area contributed by atoms with Crippen LogP contribution in [-0.2, 0) is 6.54 Å². The first-order chi connectivity index (χ1) is 10.3. The molecule has 0 amide bonds. The molecule has 0 radical (unpaired) electrons. The van der Waals surface area contributed by atoms with Crippen LogP contribution in [0.2, 0.25) is 0 Å². The maximum atomic E-state index is 12.0. The minimum absolute atomic E-state index is 0.625. The van der Waals surface area contributed by atoms with Gasteiger partial charge in [0.25, 0.3) is 0 Å². The Bertz CT molecular complexity index is 716. The molecule has 1 heterocycles. The van der Waals surface area contributed by atoms with E-state index in [1.54, 1.807) is 30.9 Å². The predicted molar refractivity (Wildman–Crippen MR) is 82.7 cm³/mol. The molecular weight excluding hydrogens is 262 g/mol. The monoisotopic (exact) mass is 277 g/mol. The predicted octanol–water partition coefficient (Wildman–Crippen LogP) is 3.19. The van der Waals surface area contributed by atoms with Gasteiger partial charge in [0.15, 0.2) is 6.21 Å². The van der Waals surface area contributed by atoms with Crippen LogP contribution in [0.25, 0.3) is 0 Å². The van der Waals surface area contributed by atoms with E-state index in [-0.39, 0.29) is 0 Å². The third-order valence-corrected chi connectivity index (χ3v) is 3.18. The number of para-hydroxylation sites is 1. The fourth-order valence-corrected chi connectivity index (χ4v) is 2.09. The molecule has 0 aliphatic rings. The summed E-state index contributed by atoms with van der Waals surface area (Å²) in [5, 5.41) is 12.0. The summed E-state index contributed by atoms with van der Waals surface area (Å²) in [7, 11) is 0. The van der Waals surface area contributed by atoms with Crippen LogP contribution in [0.1, 0.15) is 11.1 Å². The van der Waals surface area contributed by atoms with Gasteiger partial charge in [0.2, 0.25) is 5.69 Å². The van der Waals surface area contributed by atoms with Crippen molar-refractivity contribution in [2.45, 2.75) is 6.54 Å². The average molecular weight is 277 g/mol. The lowest BCUT2D eigenvalue weighted by Crippen LogP contribution is -2.00. The van der Waals surface area contributed by atoms with Crippen molar-refractivity contribution in [1.82, 2.24) is 9.55 Å². The number of nitrogens with zero attached hydrogens (tertiary/aromatic N) is 3. The lowest BCUT2D eigenvalue weighted by Gasteiger charge is -2.04. The van der Waals surface area contributed by atoms with Gasteiger partial charge in [-0.15, -0.1) is 0 Å². The van der Waals surface area contributed by atoms with E-state index >= 15 is 0 Å². The molecular formula is C17H15N3O. The van der Waals surface area contributed by atoms with Crippen molar-refractivity contribution in [2.24, 2.45) is 0 Å². The largest absolute Gasteiger partial charge is 0.618 e. The summed E-state index contributed by atoms with van der Waals surface area (Å²) in [6.45, 7) is 0.778. The Labute approximate surface area is 123 Å². The molecule has 4 nitrogen and oxygen atoms in total. The Morgan fingerprint density at radius 1 is 1.05 bits per heavy atom. The standard InChI is InChI=1S/C17H15N3O/c21-20(17-4-2-1-3-5-17)13-16-8-6-15(7-9-16)12-19-11-10-18-14-19/h1-11,13-14H,12H2. The van der Waals surface area contributed by atoms with Crippen LogP contribution in [0.3, 0.4) is 0 Å². The zero-order valence-electron chi connectivity index (χ0n) is 11.5. The number of rotatable bonds is 4. The van der Waals surface area contributed by atoms with Gasteiger partial charge in [-0.25, -0.2) is 4.98 Å². The second-order valence-corrected chi connectivity index (χ2v) is 4.77. The van der Waals surface area contributed by atoms with Gasteiger partial charge in [-0.2, -0.15) is 4.74 Å². The molecule has 0 N–H and O–H groups in total. The topological polar surface area (TPSA) is 43.9 Å². The average Bonchev–Trinajstić information content (AvgIpc) is 3.03. The zero-order valence-corrected chi connectivity index (χ0v) is 11.5. The molecule has 0 saturated heterocycles. The number of aromatic nitrogens is 2. The molecule has 3 aromatic rings. The summed E-state index contributed by atoms with van der Waals surface area (Å²) in [5.41, 5.74) is 2.67. The van der Waals surface area contributed by atoms with Gasteiger partial charge in [-0.05, 0) is 17.7 Å². The number of hydrogen-bond acceptors (Lipinski definition) is 2. The van der Waals surface area contributed by atoms with Crippen LogP contribution in [0.5, 0.6) is 0 Å². The van der Waals surface area contributed by atoms with E-state index in [9.17, 15) is 5.21 Å². The quantitative estimate of drug-likeness (QED) is 0.318. The summed E-state index contributed by atoms with van der Waals surface area (Å²) >= 11 is 0. The van der Waals surface area contributed by atoms with E-state index in [1.165, 1.54) is 5.56 Å². The van der Waals surface area contributed by atoms with Gasteiger partial charge in [0, 0.05) is 36.6 Å². The van der Waals surface area contributed by atoms with Crippen molar-refractivity contribution in [3.05, 3.63) is 89.7 Å². The summed E-state index contributed by atoms with van der Waals surface area (Å²) < 4.78 is 2.88. The maximum Gasteiger partial charge on any atom is 0.216 e. The summed E-state index contributed by atoms with van der Waals surface area (Å²) in [6, 6.07) is 17.1. The maximum absolute atomic E-state index is 12.0. The highest BCUT2D eigenvalue weighted by Crippen LogP contribution is 2.10. The molecule has 0 fully saturated rings. The van der Waals surface area contributed by atoms with Gasteiger partial charge >= 0.3 is 0 Å². The van der Waals surface area contributed by atoms with E-state index < -0.39 is 0 Å². The van der Waals surface area contributed by atoms with Crippen LogP contribution in [0.4, 0.5) is 5.69 Å². The minimum atomic E-state index is 0.625. The second-order valence-electron chi connectivity index (χ2n) is 4.77. The lowest BCUT2D eigenvalue weighted by molar-refractivity contribution is -0.354. The van der Waals surface area contributed by atoms with Crippen LogP contribution in [-0.4, -0.2) is 20.5 Å². The molecule has 0 saturated carbocycles. The molecule has 0 bridgehead atoms. The van der Waals surface area contributed by atoms with Crippen LogP contribution in [0.15, 0.2) is 73.3 Å². The molecule has 21 heavy (non-hydrogen) atoms. The first-order valence-electron chi connectivity index (χ1n) is 6.72. The van der Waals surface area contributed by atoms with Crippen LogP contribution in [0, 0.1) is 5.21 Å². The highest BCUT2D eigenvalue weighted by atomic mass is 16.5. The van der Waals surface area contributed by atoms with E-state index in [0.717, 1.165) is 16.8 Å².